The maximum Gasteiger partial charge on any atom is 0.315 e. The number of hydrogen-bond acceptors (Lipinski definition) is 5. The Hall–Kier alpha value is -2.08. The molecule has 0 unspecified atom stereocenters. The third-order valence-corrected chi connectivity index (χ3v) is 8.31. The van der Waals surface area contributed by atoms with Crippen LogP contribution in [0.4, 0.5) is 0 Å². The molecule has 4 rings (SSSR count). The Morgan fingerprint density at radius 2 is 1.91 bits per heavy atom. The van der Waals surface area contributed by atoms with Gasteiger partial charge in [-0.25, -0.2) is 4.68 Å². The zero-order valence-electron chi connectivity index (χ0n) is 19.9. The van der Waals surface area contributed by atoms with Crippen LogP contribution in [0, 0.1) is 19.8 Å². The summed E-state index contributed by atoms with van der Waals surface area (Å²) in [5.41, 5.74) is 4.52. The molecule has 6 heteroatoms. The molecule has 1 aromatic heterocycles. The smallest absolute Gasteiger partial charge is 0.315 e. The lowest BCUT2D eigenvalue weighted by molar-refractivity contribution is -0.140. The Balaban J connectivity index is 1.72. The van der Waals surface area contributed by atoms with Gasteiger partial charge in [0.15, 0.2) is 5.78 Å². The van der Waals surface area contributed by atoms with Crippen molar-refractivity contribution in [2.75, 3.05) is 5.75 Å². The Morgan fingerprint density at radius 3 is 2.59 bits per heavy atom. The van der Waals surface area contributed by atoms with Gasteiger partial charge in [0.05, 0.1) is 12.1 Å². The van der Waals surface area contributed by atoms with Gasteiger partial charge in [-0.15, -0.1) is 11.8 Å². The van der Waals surface area contributed by atoms with Crippen LogP contribution >= 0.6 is 11.8 Å². The van der Waals surface area contributed by atoms with E-state index in [0.717, 1.165) is 49.0 Å². The van der Waals surface area contributed by atoms with E-state index < -0.39 is 0 Å². The second kappa shape index (κ2) is 9.05. The van der Waals surface area contributed by atoms with Crippen molar-refractivity contribution >= 4 is 23.5 Å². The molecule has 0 atom stereocenters. The standard InChI is InChI=1S/C26H34N2O3S/c1-6-28-24(31-25(30)18-10-8-7-9-11-18)20(15-27-28)22(29)19-14-16(2)23-21(17(19)3)26(4,5)12-13-32-23/h14-15,18H,6-13H2,1-5H3. The fourth-order valence-electron chi connectivity index (χ4n) is 5.19. The Bertz CT molecular complexity index is 1050. The SMILES string of the molecule is CCn1ncc(C(=O)c2cc(C)c3c(c2C)C(C)(C)CCS3)c1OC(=O)C1CCCCC1. The van der Waals surface area contributed by atoms with Gasteiger partial charge in [0.25, 0.3) is 0 Å². The van der Waals surface area contributed by atoms with Gasteiger partial charge in [-0.3, -0.25) is 9.59 Å². The molecule has 2 heterocycles. The molecule has 0 bridgehead atoms. The number of fused-ring (bicyclic) bond motifs is 1. The first-order valence-corrected chi connectivity index (χ1v) is 12.8. The van der Waals surface area contributed by atoms with Gasteiger partial charge in [-0.05, 0) is 74.0 Å². The number of rotatable bonds is 5. The Kier molecular flexibility index (Phi) is 6.53. The minimum Gasteiger partial charge on any atom is -0.407 e. The van der Waals surface area contributed by atoms with E-state index in [-0.39, 0.29) is 29.0 Å². The minimum absolute atomic E-state index is 0.0234. The molecule has 1 fully saturated rings. The van der Waals surface area contributed by atoms with E-state index in [0.29, 0.717) is 17.7 Å². The van der Waals surface area contributed by atoms with Crippen molar-refractivity contribution in [3.05, 3.63) is 40.1 Å². The average Bonchev–Trinajstić information content (AvgIpc) is 3.18. The third kappa shape index (κ3) is 4.14. The first kappa shape index (κ1) is 23.1. The number of carbonyl (C=O) groups is 2. The van der Waals surface area contributed by atoms with E-state index in [2.05, 4.69) is 32.8 Å². The molecule has 2 aliphatic rings. The molecule has 0 saturated heterocycles. The van der Waals surface area contributed by atoms with E-state index in [4.69, 9.17) is 4.74 Å². The van der Waals surface area contributed by atoms with Gasteiger partial charge in [0.2, 0.25) is 5.88 Å². The highest BCUT2D eigenvalue weighted by Gasteiger charge is 2.34. The van der Waals surface area contributed by atoms with Crippen LogP contribution < -0.4 is 4.74 Å². The monoisotopic (exact) mass is 454 g/mol. The van der Waals surface area contributed by atoms with E-state index in [1.807, 2.05) is 24.8 Å². The zero-order chi connectivity index (χ0) is 23.0. The van der Waals surface area contributed by atoms with Gasteiger partial charge in [0.1, 0.15) is 5.56 Å². The van der Waals surface area contributed by atoms with Gasteiger partial charge in [0, 0.05) is 17.0 Å². The molecule has 1 saturated carbocycles. The number of esters is 1. The minimum atomic E-state index is -0.232. The van der Waals surface area contributed by atoms with Crippen LogP contribution in [0.2, 0.25) is 0 Å². The van der Waals surface area contributed by atoms with Crippen molar-refractivity contribution in [1.82, 2.24) is 9.78 Å². The quantitative estimate of drug-likeness (QED) is 0.409. The number of ketones is 1. The first-order valence-electron chi connectivity index (χ1n) is 11.8. The first-order chi connectivity index (χ1) is 15.2. The molecule has 172 valence electrons. The van der Waals surface area contributed by atoms with Crippen molar-refractivity contribution in [1.29, 1.82) is 0 Å². The van der Waals surface area contributed by atoms with Crippen LogP contribution in [0.5, 0.6) is 5.88 Å². The van der Waals surface area contributed by atoms with Crippen LogP contribution in [0.15, 0.2) is 17.2 Å². The second-order valence-electron chi connectivity index (χ2n) is 9.82. The molecule has 0 spiro atoms. The molecule has 1 aliphatic carbocycles. The number of aryl methyl sites for hydroxylation is 2. The fourth-order valence-corrected chi connectivity index (χ4v) is 6.86. The summed E-state index contributed by atoms with van der Waals surface area (Å²) in [4.78, 5) is 27.9. The molecule has 32 heavy (non-hydrogen) atoms. The van der Waals surface area contributed by atoms with Crippen molar-refractivity contribution in [3.8, 4) is 5.88 Å². The summed E-state index contributed by atoms with van der Waals surface area (Å²) in [6.07, 6.45) is 7.65. The molecular formula is C26H34N2O3S. The van der Waals surface area contributed by atoms with Gasteiger partial charge < -0.3 is 4.74 Å². The Labute approximate surface area is 195 Å². The lowest BCUT2D eigenvalue weighted by Crippen LogP contribution is -2.26. The van der Waals surface area contributed by atoms with Crippen LogP contribution in [-0.2, 0) is 16.8 Å². The molecule has 1 aromatic carbocycles. The predicted octanol–water partition coefficient (Wildman–Crippen LogP) is 6.01. The third-order valence-electron chi connectivity index (χ3n) is 7.09. The lowest BCUT2D eigenvalue weighted by atomic mass is 9.77. The molecular weight excluding hydrogens is 420 g/mol. The van der Waals surface area contributed by atoms with E-state index >= 15 is 0 Å². The highest BCUT2D eigenvalue weighted by Crippen LogP contribution is 2.46. The largest absolute Gasteiger partial charge is 0.407 e. The van der Waals surface area contributed by atoms with E-state index in [9.17, 15) is 9.59 Å². The number of ether oxygens (including phenoxy) is 1. The highest BCUT2D eigenvalue weighted by molar-refractivity contribution is 7.99. The zero-order valence-corrected chi connectivity index (χ0v) is 20.7. The molecule has 2 aromatic rings. The summed E-state index contributed by atoms with van der Waals surface area (Å²) in [6, 6.07) is 2.00. The Morgan fingerprint density at radius 1 is 1.19 bits per heavy atom. The molecule has 0 radical (unpaired) electrons. The number of benzene rings is 1. The second-order valence-corrected chi connectivity index (χ2v) is 10.9. The van der Waals surface area contributed by atoms with Crippen LogP contribution in [0.3, 0.4) is 0 Å². The normalized spacial score (nSPS) is 18.3. The number of aromatic nitrogens is 2. The van der Waals surface area contributed by atoms with E-state index in [1.165, 1.54) is 16.9 Å². The van der Waals surface area contributed by atoms with Gasteiger partial charge in [-0.1, -0.05) is 33.1 Å². The molecule has 0 N–H and O–H groups in total. The van der Waals surface area contributed by atoms with Crippen molar-refractivity contribution in [2.45, 2.75) is 90.0 Å². The summed E-state index contributed by atoms with van der Waals surface area (Å²) in [7, 11) is 0. The highest BCUT2D eigenvalue weighted by atomic mass is 32.2. The number of thioether (sulfide) groups is 1. The van der Waals surface area contributed by atoms with Crippen molar-refractivity contribution in [2.24, 2.45) is 5.92 Å². The maximum absolute atomic E-state index is 13.8. The average molecular weight is 455 g/mol. The maximum atomic E-state index is 13.8. The van der Waals surface area contributed by atoms with Crippen molar-refractivity contribution < 1.29 is 14.3 Å². The van der Waals surface area contributed by atoms with Crippen LogP contribution in [-0.4, -0.2) is 27.3 Å². The van der Waals surface area contributed by atoms with Gasteiger partial charge >= 0.3 is 5.97 Å². The van der Waals surface area contributed by atoms with Crippen LogP contribution in [0.25, 0.3) is 0 Å². The summed E-state index contributed by atoms with van der Waals surface area (Å²) >= 11 is 1.89. The topological polar surface area (TPSA) is 61.2 Å². The molecule has 5 nitrogen and oxygen atoms in total. The lowest BCUT2D eigenvalue weighted by Gasteiger charge is -2.35. The number of hydrogen-bond donors (Lipinski definition) is 0. The number of nitrogens with zero attached hydrogens (tertiary/aromatic N) is 2. The molecule has 0 amide bonds. The number of carbonyl (C=O) groups excluding carboxylic acids is 2. The summed E-state index contributed by atoms with van der Waals surface area (Å²) in [5, 5.41) is 4.36. The summed E-state index contributed by atoms with van der Waals surface area (Å²) < 4.78 is 7.47. The van der Waals surface area contributed by atoms with E-state index in [1.54, 1.807) is 10.9 Å². The van der Waals surface area contributed by atoms with Gasteiger partial charge in [-0.2, -0.15) is 5.10 Å². The fraction of sp³-hybridized carbons (Fsp3) is 0.577. The summed E-state index contributed by atoms with van der Waals surface area (Å²) in [5.74, 6) is 0.947. The van der Waals surface area contributed by atoms with Crippen LogP contribution in [0.1, 0.15) is 91.9 Å². The van der Waals surface area contributed by atoms with Crippen molar-refractivity contribution in [3.63, 3.8) is 0 Å². The summed E-state index contributed by atoms with van der Waals surface area (Å²) in [6.45, 7) is 11.1. The molecule has 1 aliphatic heterocycles. The predicted molar refractivity (Wildman–Crippen MR) is 128 cm³/mol.